The quantitative estimate of drug-likeness (QED) is 0.175. The SMILES string of the molecule is CC.CC.CCCNC1C=CC(=NC2C=CC=C(F)CC2)NC=C1C(=O)CNC1=CC=C=CC(NC(=O)CCN(C)C(=O)OC(C)(C)C)=C1. The molecule has 0 saturated carbocycles. The molecule has 10 nitrogen and oxygen atoms in total. The number of rotatable bonds is 12. The normalized spacial score (nSPS) is 19.0. The molecule has 0 spiro atoms. The number of carbonyl (C=O) groups excluding carboxylic acids is 3. The number of nitrogens with one attached hydrogen (secondary N) is 4. The van der Waals surface area contributed by atoms with Gasteiger partial charge in [0.25, 0.3) is 0 Å². The van der Waals surface area contributed by atoms with Gasteiger partial charge >= 0.3 is 6.09 Å². The lowest BCUT2D eigenvalue weighted by atomic mass is 10.0. The van der Waals surface area contributed by atoms with E-state index in [0.717, 1.165) is 13.0 Å². The van der Waals surface area contributed by atoms with Crippen molar-refractivity contribution in [3.63, 3.8) is 0 Å². The standard InChI is InChI=1S/C34H45FN6O4.2C2H6/c1-6-19-36-29-16-17-31(39-25-13-9-10-24(35)14-15-25)38-22-28(29)30(42)23-37-26-11-7-8-12-27(21-26)40-32(43)18-20-41(5)33(44)45-34(2,3)4;2*1-2/h7,9-13,16-17,21-22,25,29,36-37H,6,14-15,18-20,23H2,1-5H3,(H,38,39)(H,40,43);2*1-2H3. The number of Topliss-reactive ketones (excluding diaryl/α,β-unsaturated/α-hetero) is 1. The summed E-state index contributed by atoms with van der Waals surface area (Å²) in [6, 6.07) is -0.496. The Bertz CT molecular complexity index is 1390. The molecule has 49 heavy (non-hydrogen) atoms. The summed E-state index contributed by atoms with van der Waals surface area (Å²) in [5, 5.41) is 12.5. The van der Waals surface area contributed by atoms with Crippen LogP contribution >= 0.6 is 0 Å². The number of hydrogen-bond acceptors (Lipinski definition) is 7. The molecule has 0 bridgehead atoms. The number of allylic oxidation sites excluding steroid dienone is 6. The third-order valence-corrected chi connectivity index (χ3v) is 6.71. The Labute approximate surface area is 292 Å². The van der Waals surface area contributed by atoms with E-state index in [9.17, 15) is 18.8 Å². The van der Waals surface area contributed by atoms with E-state index in [2.05, 4.69) is 33.9 Å². The number of hydrogen-bond donors (Lipinski definition) is 4. The van der Waals surface area contributed by atoms with Crippen LogP contribution in [0.2, 0.25) is 0 Å². The molecule has 4 N–H and O–H groups in total. The lowest BCUT2D eigenvalue weighted by Gasteiger charge is -2.24. The maximum absolute atomic E-state index is 13.6. The van der Waals surface area contributed by atoms with Crippen molar-refractivity contribution in [3.8, 4) is 0 Å². The summed E-state index contributed by atoms with van der Waals surface area (Å²) in [6.45, 7) is 16.3. The van der Waals surface area contributed by atoms with Crippen LogP contribution < -0.4 is 21.3 Å². The Hall–Kier alpha value is -4.47. The highest BCUT2D eigenvalue weighted by Crippen LogP contribution is 2.17. The third kappa shape index (κ3) is 17.0. The van der Waals surface area contributed by atoms with Crippen LogP contribution in [0.15, 0.2) is 94.4 Å². The average Bonchev–Trinajstić information content (AvgIpc) is 3.52. The maximum atomic E-state index is 13.6. The fourth-order valence-electron chi connectivity index (χ4n) is 4.36. The van der Waals surface area contributed by atoms with Gasteiger partial charge in [-0.25, -0.2) is 9.18 Å². The van der Waals surface area contributed by atoms with Gasteiger partial charge in [0.1, 0.15) is 11.4 Å². The summed E-state index contributed by atoms with van der Waals surface area (Å²) in [4.78, 5) is 44.3. The van der Waals surface area contributed by atoms with E-state index in [-0.39, 0.29) is 49.1 Å². The molecular formula is C38H57FN6O4. The minimum absolute atomic E-state index is 0.00647. The minimum Gasteiger partial charge on any atom is -0.444 e. The zero-order valence-electron chi connectivity index (χ0n) is 30.8. The molecule has 270 valence electrons. The van der Waals surface area contributed by atoms with Crippen molar-refractivity contribution in [2.45, 2.75) is 98.8 Å². The molecule has 0 aromatic heterocycles. The molecule has 3 aliphatic rings. The predicted octanol–water partition coefficient (Wildman–Crippen LogP) is 6.45. The zero-order chi connectivity index (χ0) is 36.8. The van der Waals surface area contributed by atoms with Gasteiger partial charge in [0.05, 0.1) is 30.2 Å². The smallest absolute Gasteiger partial charge is 0.410 e. The molecular weight excluding hydrogens is 623 g/mol. The van der Waals surface area contributed by atoms with Crippen molar-refractivity contribution in [2.24, 2.45) is 4.99 Å². The van der Waals surface area contributed by atoms with Gasteiger partial charge in [-0.1, -0.05) is 52.8 Å². The molecule has 0 saturated heterocycles. The average molecular weight is 681 g/mol. The Morgan fingerprint density at radius 2 is 1.86 bits per heavy atom. The van der Waals surface area contributed by atoms with Gasteiger partial charge in [0.15, 0.2) is 5.78 Å². The fourth-order valence-corrected chi connectivity index (χ4v) is 4.36. The van der Waals surface area contributed by atoms with Gasteiger partial charge in [-0.15, -0.1) is 5.73 Å². The van der Waals surface area contributed by atoms with Crippen LogP contribution in [0.1, 0.15) is 81.1 Å². The van der Waals surface area contributed by atoms with E-state index < -0.39 is 11.7 Å². The number of ketones is 1. The van der Waals surface area contributed by atoms with Crippen LogP contribution in [0.5, 0.6) is 0 Å². The summed E-state index contributed by atoms with van der Waals surface area (Å²) in [6.07, 6.45) is 18.6. The molecule has 2 aliphatic carbocycles. The third-order valence-electron chi connectivity index (χ3n) is 6.71. The Balaban J connectivity index is 0.00000289. The largest absolute Gasteiger partial charge is 0.444 e. The van der Waals surface area contributed by atoms with Crippen molar-refractivity contribution >= 4 is 23.6 Å². The summed E-state index contributed by atoms with van der Waals surface area (Å²) in [5.41, 5.74) is 4.00. The van der Waals surface area contributed by atoms with Crippen LogP contribution in [0, 0.1) is 0 Å². The van der Waals surface area contributed by atoms with Gasteiger partial charge < -0.3 is 30.9 Å². The molecule has 1 aliphatic heterocycles. The monoisotopic (exact) mass is 680 g/mol. The van der Waals surface area contributed by atoms with Crippen molar-refractivity contribution in [3.05, 3.63) is 89.4 Å². The summed E-state index contributed by atoms with van der Waals surface area (Å²) >= 11 is 0. The molecule has 11 heteroatoms. The van der Waals surface area contributed by atoms with Crippen molar-refractivity contribution in [2.75, 3.05) is 26.7 Å². The maximum Gasteiger partial charge on any atom is 0.410 e. The first-order valence-corrected chi connectivity index (χ1v) is 17.3. The fraction of sp³-hybridized carbons (Fsp3) is 0.500. The molecule has 2 atom stereocenters. The molecule has 2 unspecified atom stereocenters. The van der Waals surface area contributed by atoms with Crippen LogP contribution in [0.25, 0.3) is 0 Å². The Morgan fingerprint density at radius 3 is 2.55 bits per heavy atom. The van der Waals surface area contributed by atoms with Gasteiger partial charge in [0, 0.05) is 50.0 Å². The van der Waals surface area contributed by atoms with Crippen LogP contribution in [0.4, 0.5) is 9.18 Å². The van der Waals surface area contributed by atoms with Gasteiger partial charge in [-0.3, -0.25) is 14.6 Å². The van der Waals surface area contributed by atoms with Crippen molar-refractivity contribution < 1.29 is 23.5 Å². The topological polar surface area (TPSA) is 124 Å². The molecule has 1 heterocycles. The van der Waals surface area contributed by atoms with Gasteiger partial charge in [-0.05, 0) is 70.5 Å². The van der Waals surface area contributed by atoms with Gasteiger partial charge in [0.2, 0.25) is 5.91 Å². The second-order valence-electron chi connectivity index (χ2n) is 11.8. The molecule has 0 fully saturated rings. The van der Waals surface area contributed by atoms with Crippen LogP contribution in [-0.2, 0) is 14.3 Å². The van der Waals surface area contributed by atoms with Gasteiger partial charge in [-0.2, -0.15) is 0 Å². The number of nitrogens with zero attached hydrogens (tertiary/aromatic N) is 2. The Morgan fingerprint density at radius 1 is 1.12 bits per heavy atom. The number of ether oxygens (including phenoxy) is 1. The van der Waals surface area contributed by atoms with Crippen LogP contribution in [-0.4, -0.2) is 72.9 Å². The molecule has 0 aromatic rings. The highest BCUT2D eigenvalue weighted by atomic mass is 19.1. The summed E-state index contributed by atoms with van der Waals surface area (Å²) < 4.78 is 18.9. The number of carbonyl (C=O) groups is 3. The second-order valence-corrected chi connectivity index (χ2v) is 11.8. The lowest BCUT2D eigenvalue weighted by molar-refractivity contribution is -0.120. The first-order chi connectivity index (χ1) is 23.4. The first kappa shape index (κ1) is 42.6. The summed E-state index contributed by atoms with van der Waals surface area (Å²) in [7, 11) is 1.58. The van der Waals surface area contributed by atoms with E-state index in [1.165, 1.54) is 11.0 Å². The molecule has 2 amide bonds. The van der Waals surface area contributed by atoms with Crippen LogP contribution in [0.3, 0.4) is 0 Å². The lowest BCUT2D eigenvalue weighted by Crippen LogP contribution is -2.36. The van der Waals surface area contributed by atoms with Crippen molar-refractivity contribution in [1.29, 1.82) is 0 Å². The molecule has 3 rings (SSSR count). The number of amidine groups is 1. The number of aliphatic imine (C=N–C) groups is 1. The highest BCUT2D eigenvalue weighted by molar-refractivity contribution is 6.02. The molecule has 0 aromatic carbocycles. The molecule has 0 radical (unpaired) electrons. The van der Waals surface area contributed by atoms with E-state index in [1.54, 1.807) is 64.4 Å². The van der Waals surface area contributed by atoms with E-state index in [0.29, 0.717) is 35.6 Å². The zero-order valence-corrected chi connectivity index (χ0v) is 30.8. The predicted molar refractivity (Wildman–Crippen MR) is 197 cm³/mol. The van der Waals surface area contributed by atoms with E-state index in [1.807, 2.05) is 45.9 Å². The summed E-state index contributed by atoms with van der Waals surface area (Å²) in [5.74, 6) is 0.0182. The second kappa shape index (κ2) is 23.0. The number of amides is 2. The van der Waals surface area contributed by atoms with E-state index >= 15 is 0 Å². The van der Waals surface area contributed by atoms with E-state index in [4.69, 9.17) is 9.73 Å². The first-order valence-electron chi connectivity index (χ1n) is 17.3. The Kier molecular flexibility index (Phi) is 20.0. The van der Waals surface area contributed by atoms with Crippen molar-refractivity contribution in [1.82, 2.24) is 26.2 Å². The minimum atomic E-state index is -0.621. The number of halogens is 1. The highest BCUT2D eigenvalue weighted by Gasteiger charge is 2.22.